The Labute approximate surface area is 186 Å². The van der Waals surface area contributed by atoms with Crippen LogP contribution in [0.1, 0.15) is 39.3 Å². The van der Waals surface area contributed by atoms with E-state index < -0.39 is 54.7 Å². The van der Waals surface area contributed by atoms with Crippen LogP contribution in [0.5, 0.6) is 5.75 Å². The van der Waals surface area contributed by atoms with Crippen LogP contribution in [-0.4, -0.2) is 77.4 Å². The second kappa shape index (κ2) is 11.9. The summed E-state index contributed by atoms with van der Waals surface area (Å²) in [6, 6.07) is 3.05. The second-order valence-electron chi connectivity index (χ2n) is 7.80. The van der Waals surface area contributed by atoms with Gasteiger partial charge in [0.2, 0.25) is 11.8 Å². The number of ether oxygens (including phenoxy) is 2. The molecule has 0 radical (unpaired) electrons. The first-order valence-electron chi connectivity index (χ1n) is 9.97. The van der Waals surface area contributed by atoms with Crippen LogP contribution in [0.25, 0.3) is 0 Å². The van der Waals surface area contributed by atoms with E-state index in [1.165, 1.54) is 24.3 Å². The van der Waals surface area contributed by atoms with Gasteiger partial charge in [0, 0.05) is 6.54 Å². The Morgan fingerprint density at radius 1 is 1.19 bits per heavy atom. The zero-order chi connectivity index (χ0) is 24.5. The van der Waals surface area contributed by atoms with Gasteiger partial charge in [-0.05, 0) is 45.4 Å². The number of likely N-dealkylation sites (N-methyl/N-ethyl adjacent to an activating group) is 1. The lowest BCUT2D eigenvalue weighted by Crippen LogP contribution is -2.54. The number of phenols is 1. The van der Waals surface area contributed by atoms with Crippen molar-refractivity contribution in [3.8, 4) is 5.75 Å². The van der Waals surface area contributed by atoms with Gasteiger partial charge in [0.15, 0.2) is 0 Å². The molecule has 3 amide bonds. The third-order valence-electron chi connectivity index (χ3n) is 4.18. The van der Waals surface area contributed by atoms with Crippen molar-refractivity contribution in [2.45, 2.75) is 45.4 Å². The smallest absolute Gasteiger partial charge is 0.408 e. The summed E-state index contributed by atoms with van der Waals surface area (Å²) in [6.07, 6.45) is -0.912. The summed E-state index contributed by atoms with van der Waals surface area (Å²) in [5, 5.41) is 24.2. The molecule has 0 fully saturated rings. The van der Waals surface area contributed by atoms with E-state index in [0.29, 0.717) is 0 Å². The molecule has 0 heterocycles. The van der Waals surface area contributed by atoms with Crippen LogP contribution in [-0.2, 0) is 23.9 Å². The van der Waals surface area contributed by atoms with E-state index >= 15 is 0 Å². The topological polar surface area (TPSA) is 154 Å². The van der Waals surface area contributed by atoms with Gasteiger partial charge in [-0.2, -0.15) is 0 Å². The van der Waals surface area contributed by atoms with Gasteiger partial charge in [-0.3, -0.25) is 14.4 Å². The minimum absolute atomic E-state index is 0.0112. The number of phenolic OH excluding ortho intramolecular Hbond substituents is 1. The number of aliphatic hydroxyl groups excluding tert-OH is 1. The molecule has 0 aliphatic rings. The summed E-state index contributed by atoms with van der Waals surface area (Å²) in [7, 11) is 1.16. The van der Waals surface area contributed by atoms with Gasteiger partial charge in [-0.25, -0.2) is 4.79 Å². The molecular weight excluding hydrogens is 422 g/mol. The number of carbonyl (C=O) groups excluding carboxylic acids is 4. The minimum Gasteiger partial charge on any atom is -0.508 e. The Morgan fingerprint density at radius 2 is 1.84 bits per heavy atom. The number of aromatic hydroxyl groups is 1. The molecule has 1 aromatic carbocycles. The fourth-order valence-electron chi connectivity index (χ4n) is 2.80. The highest BCUT2D eigenvalue weighted by molar-refractivity contribution is 5.93. The highest BCUT2D eigenvalue weighted by atomic mass is 16.6. The molecule has 4 N–H and O–H groups in total. The predicted molar refractivity (Wildman–Crippen MR) is 114 cm³/mol. The third-order valence-corrected chi connectivity index (χ3v) is 4.18. The van der Waals surface area contributed by atoms with E-state index in [9.17, 15) is 29.4 Å². The van der Waals surface area contributed by atoms with E-state index in [0.717, 1.165) is 12.0 Å². The predicted octanol–water partition coefficient (Wildman–Crippen LogP) is 0.457. The number of amides is 3. The van der Waals surface area contributed by atoms with Gasteiger partial charge in [0.25, 0.3) is 0 Å². The molecule has 11 nitrogen and oxygen atoms in total. The zero-order valence-electron chi connectivity index (χ0n) is 18.9. The summed E-state index contributed by atoms with van der Waals surface area (Å²) >= 11 is 0. The zero-order valence-corrected chi connectivity index (χ0v) is 18.9. The maximum Gasteiger partial charge on any atom is 0.408 e. The van der Waals surface area contributed by atoms with Crippen molar-refractivity contribution in [3.63, 3.8) is 0 Å². The van der Waals surface area contributed by atoms with E-state index in [-0.39, 0.29) is 17.9 Å². The maximum absolute atomic E-state index is 13.2. The molecule has 0 saturated carbocycles. The summed E-state index contributed by atoms with van der Waals surface area (Å²) in [6.45, 7) is 5.36. The van der Waals surface area contributed by atoms with Crippen LogP contribution in [0.3, 0.4) is 0 Å². The molecule has 32 heavy (non-hydrogen) atoms. The van der Waals surface area contributed by atoms with Crippen LogP contribution in [0, 0.1) is 0 Å². The number of methoxy groups -OCH3 is 1. The molecule has 0 aliphatic carbocycles. The normalized spacial score (nSPS) is 12.8. The van der Waals surface area contributed by atoms with Crippen LogP contribution in [0.15, 0.2) is 24.3 Å². The van der Waals surface area contributed by atoms with E-state index in [2.05, 4.69) is 15.4 Å². The minimum atomic E-state index is -1.39. The van der Waals surface area contributed by atoms with Crippen molar-refractivity contribution >= 4 is 23.9 Å². The highest BCUT2D eigenvalue weighted by Crippen LogP contribution is 2.25. The maximum atomic E-state index is 13.2. The van der Waals surface area contributed by atoms with Gasteiger partial charge in [0.05, 0.1) is 13.7 Å². The van der Waals surface area contributed by atoms with Crippen molar-refractivity contribution in [1.29, 1.82) is 0 Å². The molecule has 0 aliphatic heterocycles. The molecule has 2 unspecified atom stereocenters. The molecule has 11 heteroatoms. The van der Waals surface area contributed by atoms with Gasteiger partial charge in [0.1, 0.15) is 30.0 Å². The number of carbonyl (C=O) groups is 4. The number of nitrogens with one attached hydrogen (secondary N) is 2. The molecular formula is C21H31N3O8. The quantitative estimate of drug-likeness (QED) is 0.393. The molecule has 0 spiro atoms. The number of hydrogen-bond donors (Lipinski definition) is 4. The second-order valence-corrected chi connectivity index (χ2v) is 7.80. The number of rotatable bonds is 9. The molecule has 0 aromatic heterocycles. The van der Waals surface area contributed by atoms with E-state index in [1.807, 2.05) is 0 Å². The van der Waals surface area contributed by atoms with Crippen molar-refractivity contribution in [2.24, 2.45) is 0 Å². The van der Waals surface area contributed by atoms with Gasteiger partial charge >= 0.3 is 12.1 Å². The number of nitrogens with zero attached hydrogens (tertiary/aromatic N) is 1. The Balaban J connectivity index is 3.22. The van der Waals surface area contributed by atoms with Crippen molar-refractivity contribution in [2.75, 3.05) is 26.8 Å². The van der Waals surface area contributed by atoms with Crippen LogP contribution in [0.4, 0.5) is 4.79 Å². The van der Waals surface area contributed by atoms with Crippen LogP contribution in [0.2, 0.25) is 0 Å². The Morgan fingerprint density at radius 3 is 2.34 bits per heavy atom. The lowest BCUT2D eigenvalue weighted by molar-refractivity contribution is -0.145. The SMILES string of the molecule is CCN(C(=O)C(CO)NC(=O)OC(C)(C)C)C(C(=O)NCC(=O)OC)c1cccc(O)c1. The fourth-order valence-corrected chi connectivity index (χ4v) is 2.80. The third kappa shape index (κ3) is 8.06. The molecule has 0 saturated heterocycles. The highest BCUT2D eigenvalue weighted by Gasteiger charge is 2.35. The van der Waals surface area contributed by atoms with Crippen molar-refractivity contribution < 1.29 is 38.9 Å². The lowest BCUT2D eigenvalue weighted by atomic mass is 10.0. The number of hydrogen-bond acceptors (Lipinski definition) is 8. The molecule has 2 atom stereocenters. The largest absolute Gasteiger partial charge is 0.508 e. The van der Waals surface area contributed by atoms with E-state index in [4.69, 9.17) is 4.74 Å². The average Bonchev–Trinajstić information content (AvgIpc) is 2.71. The van der Waals surface area contributed by atoms with Gasteiger partial charge < -0.3 is 35.2 Å². The standard InChI is InChI=1S/C21H31N3O8/c1-6-24(19(29)15(12-25)23-20(30)32-21(2,3)4)17(13-8-7-9-14(26)10-13)18(28)22-11-16(27)31-5/h7-10,15,17,25-26H,6,11-12H2,1-5H3,(H,22,28)(H,23,30). The van der Waals surface area contributed by atoms with E-state index in [1.54, 1.807) is 27.7 Å². The molecule has 178 valence electrons. The number of alkyl carbamates (subject to hydrolysis) is 1. The van der Waals surface area contributed by atoms with Crippen LogP contribution >= 0.6 is 0 Å². The molecule has 1 aromatic rings. The summed E-state index contributed by atoms with van der Waals surface area (Å²) in [5.41, 5.74) is -0.563. The first-order valence-corrected chi connectivity index (χ1v) is 9.97. The fraction of sp³-hybridized carbons (Fsp3) is 0.524. The Kier molecular flexibility index (Phi) is 9.92. The van der Waals surface area contributed by atoms with Gasteiger partial charge in [-0.1, -0.05) is 12.1 Å². The number of aliphatic hydroxyl groups is 1. The monoisotopic (exact) mass is 453 g/mol. The summed E-state index contributed by atoms with van der Waals surface area (Å²) in [5.74, 6) is -2.31. The van der Waals surface area contributed by atoms with Crippen molar-refractivity contribution in [1.82, 2.24) is 15.5 Å². The Bertz CT molecular complexity index is 822. The van der Waals surface area contributed by atoms with Gasteiger partial charge in [-0.15, -0.1) is 0 Å². The summed E-state index contributed by atoms with van der Waals surface area (Å²) in [4.78, 5) is 50.7. The average molecular weight is 453 g/mol. The number of benzene rings is 1. The first kappa shape index (κ1) is 26.7. The number of esters is 1. The first-order chi connectivity index (χ1) is 14.9. The lowest BCUT2D eigenvalue weighted by Gasteiger charge is -2.33. The summed E-state index contributed by atoms with van der Waals surface area (Å²) < 4.78 is 9.63. The van der Waals surface area contributed by atoms with Crippen LogP contribution < -0.4 is 10.6 Å². The Hall–Kier alpha value is -3.34. The molecule has 1 rings (SSSR count). The van der Waals surface area contributed by atoms with Crippen molar-refractivity contribution in [3.05, 3.63) is 29.8 Å². The molecule has 0 bridgehead atoms.